The first-order chi connectivity index (χ1) is 7.70. The molecule has 2 rings (SSSR count). The molecule has 0 saturated carbocycles. The van der Waals surface area contributed by atoms with Gasteiger partial charge in [0, 0.05) is 19.1 Å². The SMILES string of the molecule is C[C@H](CO)NC(=O)c1cn(C2CNC2)nn1. The lowest BCUT2D eigenvalue weighted by Crippen LogP contribution is -2.43. The van der Waals surface area contributed by atoms with Crippen molar-refractivity contribution in [3.05, 3.63) is 11.9 Å². The van der Waals surface area contributed by atoms with Crippen molar-refractivity contribution in [2.75, 3.05) is 19.7 Å². The Morgan fingerprint density at radius 1 is 1.81 bits per heavy atom. The number of hydrogen-bond acceptors (Lipinski definition) is 5. The summed E-state index contributed by atoms with van der Waals surface area (Å²) in [5.41, 5.74) is 0.284. The van der Waals surface area contributed by atoms with E-state index in [0.717, 1.165) is 13.1 Å². The van der Waals surface area contributed by atoms with Crippen LogP contribution in [0.25, 0.3) is 0 Å². The van der Waals surface area contributed by atoms with E-state index >= 15 is 0 Å². The van der Waals surface area contributed by atoms with Crippen LogP contribution in [0.4, 0.5) is 0 Å². The molecule has 0 unspecified atom stereocenters. The Hall–Kier alpha value is -1.47. The molecule has 0 aliphatic carbocycles. The van der Waals surface area contributed by atoms with Gasteiger partial charge in [-0.3, -0.25) is 4.79 Å². The monoisotopic (exact) mass is 225 g/mol. The summed E-state index contributed by atoms with van der Waals surface area (Å²) in [5, 5.41) is 22.2. The molecule has 2 heterocycles. The molecule has 1 aromatic heterocycles. The summed E-state index contributed by atoms with van der Waals surface area (Å²) in [4.78, 5) is 11.6. The minimum absolute atomic E-state index is 0.0909. The van der Waals surface area contributed by atoms with Crippen LogP contribution >= 0.6 is 0 Å². The van der Waals surface area contributed by atoms with Crippen LogP contribution in [0.2, 0.25) is 0 Å². The highest BCUT2D eigenvalue weighted by Gasteiger charge is 2.21. The van der Waals surface area contributed by atoms with E-state index in [2.05, 4.69) is 20.9 Å². The standard InChI is InChI=1S/C9H15N5O2/c1-6(5-15)11-9(16)8-4-14(13-12-8)7-2-10-3-7/h4,6-7,10,15H,2-3,5H2,1H3,(H,11,16)/t6-/m1/s1. The van der Waals surface area contributed by atoms with Gasteiger partial charge < -0.3 is 15.7 Å². The number of aliphatic hydroxyl groups is 1. The number of hydrogen-bond donors (Lipinski definition) is 3. The maximum atomic E-state index is 11.6. The number of amides is 1. The maximum absolute atomic E-state index is 11.6. The van der Waals surface area contributed by atoms with Crippen molar-refractivity contribution >= 4 is 5.91 Å². The van der Waals surface area contributed by atoms with Gasteiger partial charge in [-0.15, -0.1) is 5.10 Å². The predicted octanol–water partition coefficient (Wildman–Crippen LogP) is -1.47. The molecule has 0 bridgehead atoms. The zero-order chi connectivity index (χ0) is 11.5. The maximum Gasteiger partial charge on any atom is 0.273 e. The molecule has 16 heavy (non-hydrogen) atoms. The Balaban J connectivity index is 1.97. The van der Waals surface area contributed by atoms with Gasteiger partial charge >= 0.3 is 0 Å². The van der Waals surface area contributed by atoms with Crippen molar-refractivity contribution in [2.45, 2.75) is 19.0 Å². The second-order valence-electron chi connectivity index (χ2n) is 3.95. The second kappa shape index (κ2) is 4.58. The number of nitrogens with zero attached hydrogens (tertiary/aromatic N) is 3. The van der Waals surface area contributed by atoms with E-state index in [-0.39, 0.29) is 24.2 Å². The fraction of sp³-hybridized carbons (Fsp3) is 0.667. The molecule has 1 aliphatic rings. The highest BCUT2D eigenvalue weighted by molar-refractivity contribution is 5.92. The van der Waals surface area contributed by atoms with Crippen LogP contribution in [0.5, 0.6) is 0 Å². The molecule has 3 N–H and O–H groups in total. The molecule has 1 atom stereocenters. The number of rotatable bonds is 4. The number of carbonyl (C=O) groups is 1. The number of aliphatic hydroxyl groups excluding tert-OH is 1. The fourth-order valence-corrected chi connectivity index (χ4v) is 1.36. The van der Waals surface area contributed by atoms with E-state index in [1.165, 1.54) is 0 Å². The summed E-state index contributed by atoms with van der Waals surface area (Å²) >= 11 is 0. The third-order valence-electron chi connectivity index (χ3n) is 2.53. The Kier molecular flexibility index (Phi) is 3.16. The van der Waals surface area contributed by atoms with E-state index in [1.807, 2.05) is 0 Å². The van der Waals surface area contributed by atoms with E-state index < -0.39 is 0 Å². The minimum atomic E-state index is -0.305. The Labute approximate surface area is 92.8 Å². The van der Waals surface area contributed by atoms with Crippen molar-refractivity contribution < 1.29 is 9.90 Å². The Bertz CT molecular complexity index is 374. The van der Waals surface area contributed by atoms with Crippen LogP contribution in [0.15, 0.2) is 6.20 Å². The molecule has 0 radical (unpaired) electrons. The summed E-state index contributed by atoms with van der Waals surface area (Å²) in [5.74, 6) is -0.305. The highest BCUT2D eigenvalue weighted by atomic mass is 16.3. The lowest BCUT2D eigenvalue weighted by Gasteiger charge is -2.26. The molecule has 7 nitrogen and oxygen atoms in total. The molecule has 1 aromatic rings. The van der Waals surface area contributed by atoms with Gasteiger partial charge in [0.05, 0.1) is 18.8 Å². The zero-order valence-electron chi connectivity index (χ0n) is 9.05. The Morgan fingerprint density at radius 3 is 3.12 bits per heavy atom. The van der Waals surface area contributed by atoms with Crippen LogP contribution in [-0.2, 0) is 0 Å². The van der Waals surface area contributed by atoms with Crippen LogP contribution in [0, 0.1) is 0 Å². The average Bonchev–Trinajstić information content (AvgIpc) is 2.64. The van der Waals surface area contributed by atoms with Gasteiger partial charge in [0.1, 0.15) is 0 Å². The number of carbonyl (C=O) groups excluding carboxylic acids is 1. The van der Waals surface area contributed by atoms with Crippen molar-refractivity contribution in [3.8, 4) is 0 Å². The van der Waals surface area contributed by atoms with E-state index in [1.54, 1.807) is 17.8 Å². The minimum Gasteiger partial charge on any atom is -0.394 e. The molecule has 1 saturated heterocycles. The quantitative estimate of drug-likeness (QED) is 0.582. The molecule has 0 spiro atoms. The van der Waals surface area contributed by atoms with Gasteiger partial charge in [0.25, 0.3) is 5.91 Å². The first kappa shape index (κ1) is 11.0. The van der Waals surface area contributed by atoms with Crippen molar-refractivity contribution in [3.63, 3.8) is 0 Å². The molecule has 1 aliphatic heterocycles. The summed E-state index contributed by atoms with van der Waals surface area (Å²) < 4.78 is 1.69. The molecular formula is C9H15N5O2. The van der Waals surface area contributed by atoms with Crippen LogP contribution in [0.1, 0.15) is 23.5 Å². The van der Waals surface area contributed by atoms with Gasteiger partial charge in [-0.25, -0.2) is 4.68 Å². The first-order valence-electron chi connectivity index (χ1n) is 5.25. The zero-order valence-corrected chi connectivity index (χ0v) is 9.05. The fourth-order valence-electron chi connectivity index (χ4n) is 1.36. The van der Waals surface area contributed by atoms with Crippen molar-refractivity contribution in [1.82, 2.24) is 25.6 Å². The van der Waals surface area contributed by atoms with E-state index in [9.17, 15) is 4.79 Å². The molecule has 88 valence electrons. The van der Waals surface area contributed by atoms with Crippen molar-refractivity contribution in [1.29, 1.82) is 0 Å². The molecular weight excluding hydrogens is 210 g/mol. The summed E-state index contributed by atoms with van der Waals surface area (Å²) in [6.45, 7) is 3.35. The lowest BCUT2D eigenvalue weighted by atomic mass is 10.2. The predicted molar refractivity (Wildman–Crippen MR) is 55.9 cm³/mol. The first-order valence-corrected chi connectivity index (χ1v) is 5.25. The molecule has 0 aromatic carbocycles. The van der Waals surface area contributed by atoms with Crippen molar-refractivity contribution in [2.24, 2.45) is 0 Å². The van der Waals surface area contributed by atoms with E-state index in [4.69, 9.17) is 5.11 Å². The van der Waals surface area contributed by atoms with Gasteiger partial charge in [0.2, 0.25) is 0 Å². The lowest BCUT2D eigenvalue weighted by molar-refractivity contribution is 0.0917. The number of nitrogens with one attached hydrogen (secondary N) is 2. The highest BCUT2D eigenvalue weighted by Crippen LogP contribution is 2.09. The van der Waals surface area contributed by atoms with Crippen LogP contribution in [-0.4, -0.2) is 51.7 Å². The topological polar surface area (TPSA) is 92.1 Å². The number of aromatic nitrogens is 3. The van der Waals surface area contributed by atoms with Gasteiger partial charge in [-0.1, -0.05) is 5.21 Å². The summed E-state index contributed by atoms with van der Waals surface area (Å²) in [6, 6.07) is 0.0207. The van der Waals surface area contributed by atoms with Gasteiger partial charge in [0.15, 0.2) is 5.69 Å². The summed E-state index contributed by atoms with van der Waals surface area (Å²) in [7, 11) is 0. The molecule has 1 fully saturated rings. The summed E-state index contributed by atoms with van der Waals surface area (Å²) in [6.07, 6.45) is 1.63. The molecule has 7 heteroatoms. The normalized spacial score (nSPS) is 17.9. The van der Waals surface area contributed by atoms with E-state index in [0.29, 0.717) is 6.04 Å². The Morgan fingerprint density at radius 2 is 2.56 bits per heavy atom. The average molecular weight is 225 g/mol. The van der Waals surface area contributed by atoms with Gasteiger partial charge in [-0.2, -0.15) is 0 Å². The van der Waals surface area contributed by atoms with Gasteiger partial charge in [-0.05, 0) is 6.92 Å². The molecule has 1 amide bonds. The second-order valence-corrected chi connectivity index (χ2v) is 3.95. The smallest absolute Gasteiger partial charge is 0.273 e. The van der Waals surface area contributed by atoms with Crippen LogP contribution in [0.3, 0.4) is 0 Å². The third-order valence-corrected chi connectivity index (χ3v) is 2.53. The largest absolute Gasteiger partial charge is 0.394 e. The third kappa shape index (κ3) is 2.20. The van der Waals surface area contributed by atoms with Crippen LogP contribution < -0.4 is 10.6 Å².